The molecule has 0 aliphatic heterocycles. The molecule has 0 radical (unpaired) electrons. The highest BCUT2D eigenvalue weighted by Crippen LogP contribution is 2.22. The van der Waals surface area contributed by atoms with Crippen LogP contribution in [0.5, 0.6) is 0 Å². The average Bonchev–Trinajstić information content (AvgIpc) is 3.18. The second-order valence-electron chi connectivity index (χ2n) is 4.36. The van der Waals surface area contributed by atoms with Crippen molar-refractivity contribution in [3.8, 4) is 11.3 Å². The fourth-order valence-electron chi connectivity index (χ4n) is 1.86. The molecule has 0 aliphatic rings. The molecule has 1 N–H and O–H groups in total. The third-order valence-electron chi connectivity index (χ3n) is 2.87. The van der Waals surface area contributed by atoms with E-state index in [1.54, 1.807) is 23.9 Å². The Kier molecular flexibility index (Phi) is 3.69. The zero-order chi connectivity index (χ0) is 13.8. The second kappa shape index (κ2) is 5.79. The summed E-state index contributed by atoms with van der Waals surface area (Å²) in [4.78, 5) is 11.8. The van der Waals surface area contributed by atoms with E-state index in [-0.39, 0.29) is 5.91 Å². The van der Waals surface area contributed by atoms with Gasteiger partial charge in [-0.15, -0.1) is 0 Å². The van der Waals surface area contributed by atoms with Crippen LogP contribution in [0.4, 0.5) is 0 Å². The van der Waals surface area contributed by atoms with E-state index < -0.39 is 0 Å². The number of carbonyl (C=O) groups is 1. The summed E-state index contributed by atoms with van der Waals surface area (Å²) < 4.78 is 10.6. The molecule has 0 aliphatic carbocycles. The Morgan fingerprint density at radius 3 is 2.95 bits per heavy atom. The fraction of sp³-hybridized carbons (Fsp3) is 0.133. The summed E-state index contributed by atoms with van der Waals surface area (Å²) in [6.45, 7) is 0.390. The highest BCUT2D eigenvalue weighted by atomic mass is 32.1. The lowest BCUT2D eigenvalue weighted by molar-refractivity contribution is -0.120. The van der Waals surface area contributed by atoms with E-state index in [0.717, 1.165) is 22.6 Å². The summed E-state index contributed by atoms with van der Waals surface area (Å²) in [6, 6.07) is 7.50. The van der Waals surface area contributed by atoms with Gasteiger partial charge in [-0.2, -0.15) is 11.3 Å². The lowest BCUT2D eigenvalue weighted by Crippen LogP contribution is -2.24. The van der Waals surface area contributed by atoms with Gasteiger partial charge in [-0.3, -0.25) is 4.79 Å². The quantitative estimate of drug-likeness (QED) is 0.782. The van der Waals surface area contributed by atoms with Crippen molar-refractivity contribution in [2.24, 2.45) is 0 Å². The molecule has 1 amide bonds. The molecule has 0 aromatic carbocycles. The lowest BCUT2D eigenvalue weighted by atomic mass is 10.2. The summed E-state index contributed by atoms with van der Waals surface area (Å²) in [6.07, 6.45) is 3.62. The first-order chi connectivity index (χ1) is 9.81. The molecule has 102 valence electrons. The first-order valence-corrected chi connectivity index (χ1v) is 7.14. The second-order valence-corrected chi connectivity index (χ2v) is 5.14. The van der Waals surface area contributed by atoms with Crippen LogP contribution >= 0.6 is 11.3 Å². The Labute approximate surface area is 120 Å². The lowest BCUT2D eigenvalue weighted by Gasteiger charge is -2.01. The minimum Gasteiger partial charge on any atom is -0.472 e. The summed E-state index contributed by atoms with van der Waals surface area (Å²) in [7, 11) is 0. The van der Waals surface area contributed by atoms with E-state index in [0.29, 0.717) is 13.0 Å². The Balaban J connectivity index is 1.55. The van der Waals surface area contributed by atoms with Crippen molar-refractivity contribution in [1.29, 1.82) is 0 Å². The highest BCUT2D eigenvalue weighted by Gasteiger charge is 2.08. The first kappa shape index (κ1) is 12.7. The number of carbonyl (C=O) groups excluding carboxylic acids is 1. The molecule has 0 spiro atoms. The van der Waals surface area contributed by atoms with Crippen molar-refractivity contribution in [1.82, 2.24) is 5.32 Å². The third kappa shape index (κ3) is 3.00. The molecule has 4 nitrogen and oxygen atoms in total. The molecule has 0 atom stereocenters. The number of thiophene rings is 1. The Hall–Kier alpha value is -2.27. The maximum atomic E-state index is 11.8. The molecular formula is C15H13NO3S. The van der Waals surface area contributed by atoms with E-state index in [2.05, 4.69) is 5.32 Å². The maximum Gasteiger partial charge on any atom is 0.224 e. The topological polar surface area (TPSA) is 55.4 Å². The van der Waals surface area contributed by atoms with Crippen molar-refractivity contribution in [3.05, 3.63) is 58.9 Å². The molecule has 5 heteroatoms. The SMILES string of the molecule is O=C(Cc1ccsc1)NCc1ccc(-c2ccoc2)o1. The van der Waals surface area contributed by atoms with Crippen molar-refractivity contribution >= 4 is 17.2 Å². The van der Waals surface area contributed by atoms with Gasteiger partial charge in [-0.05, 0) is 40.6 Å². The number of amides is 1. The van der Waals surface area contributed by atoms with Gasteiger partial charge in [0, 0.05) is 0 Å². The van der Waals surface area contributed by atoms with Crippen LogP contribution in [0.15, 0.2) is 56.4 Å². The molecular weight excluding hydrogens is 274 g/mol. The molecule has 0 unspecified atom stereocenters. The van der Waals surface area contributed by atoms with Crippen LogP contribution in [0.2, 0.25) is 0 Å². The van der Waals surface area contributed by atoms with Gasteiger partial charge in [0.2, 0.25) is 5.91 Å². The van der Waals surface area contributed by atoms with Crippen LogP contribution in [-0.2, 0) is 17.8 Å². The summed E-state index contributed by atoms with van der Waals surface area (Å²) in [5.41, 5.74) is 1.92. The van der Waals surface area contributed by atoms with Crippen LogP contribution in [0.25, 0.3) is 11.3 Å². The van der Waals surface area contributed by atoms with Gasteiger partial charge < -0.3 is 14.2 Å². The largest absolute Gasteiger partial charge is 0.472 e. The fourth-order valence-corrected chi connectivity index (χ4v) is 2.53. The number of hydrogen-bond donors (Lipinski definition) is 1. The standard InChI is InChI=1S/C15H13NO3S/c17-15(7-11-4-6-20-10-11)16-8-13-1-2-14(19-13)12-3-5-18-9-12/h1-6,9-10H,7-8H2,(H,16,17). The normalized spacial score (nSPS) is 10.6. The third-order valence-corrected chi connectivity index (χ3v) is 3.60. The summed E-state index contributed by atoms with van der Waals surface area (Å²) in [5.74, 6) is 1.45. The van der Waals surface area contributed by atoms with E-state index in [1.165, 1.54) is 0 Å². The molecule has 3 rings (SSSR count). The first-order valence-electron chi connectivity index (χ1n) is 6.20. The van der Waals surface area contributed by atoms with Gasteiger partial charge in [0.05, 0.1) is 24.8 Å². The molecule has 3 aromatic heterocycles. The van der Waals surface area contributed by atoms with E-state index in [9.17, 15) is 4.79 Å². The Bertz CT molecular complexity index is 668. The van der Waals surface area contributed by atoms with E-state index >= 15 is 0 Å². The molecule has 20 heavy (non-hydrogen) atoms. The predicted molar refractivity (Wildman–Crippen MR) is 76.3 cm³/mol. The molecule has 3 heterocycles. The van der Waals surface area contributed by atoms with Crippen LogP contribution in [0.1, 0.15) is 11.3 Å². The van der Waals surface area contributed by atoms with Gasteiger partial charge in [-0.1, -0.05) is 0 Å². The van der Waals surface area contributed by atoms with Crippen molar-refractivity contribution < 1.29 is 13.6 Å². The van der Waals surface area contributed by atoms with E-state index in [1.807, 2.05) is 35.0 Å². The van der Waals surface area contributed by atoms with Crippen LogP contribution in [0, 0.1) is 0 Å². The summed E-state index contributed by atoms with van der Waals surface area (Å²) >= 11 is 1.59. The van der Waals surface area contributed by atoms with Crippen LogP contribution in [-0.4, -0.2) is 5.91 Å². The monoisotopic (exact) mass is 287 g/mol. The molecule has 0 saturated heterocycles. The zero-order valence-electron chi connectivity index (χ0n) is 10.7. The van der Waals surface area contributed by atoms with Gasteiger partial charge in [0.15, 0.2) is 0 Å². The summed E-state index contributed by atoms with van der Waals surface area (Å²) in [5, 5.41) is 6.78. The van der Waals surface area contributed by atoms with Gasteiger partial charge in [0.25, 0.3) is 0 Å². The molecule has 0 fully saturated rings. The number of hydrogen-bond acceptors (Lipinski definition) is 4. The van der Waals surface area contributed by atoms with Gasteiger partial charge in [-0.25, -0.2) is 0 Å². The zero-order valence-corrected chi connectivity index (χ0v) is 11.5. The van der Waals surface area contributed by atoms with Crippen molar-refractivity contribution in [2.75, 3.05) is 0 Å². The highest BCUT2D eigenvalue weighted by molar-refractivity contribution is 7.07. The molecule has 0 bridgehead atoms. The number of furan rings is 2. The van der Waals surface area contributed by atoms with Crippen LogP contribution in [0.3, 0.4) is 0 Å². The minimum atomic E-state index is -0.00957. The van der Waals surface area contributed by atoms with Crippen LogP contribution < -0.4 is 5.32 Å². The van der Waals surface area contributed by atoms with Gasteiger partial charge >= 0.3 is 0 Å². The van der Waals surface area contributed by atoms with Crippen molar-refractivity contribution in [3.63, 3.8) is 0 Å². The van der Waals surface area contributed by atoms with E-state index in [4.69, 9.17) is 8.83 Å². The Morgan fingerprint density at radius 2 is 2.20 bits per heavy atom. The Morgan fingerprint density at radius 1 is 1.25 bits per heavy atom. The smallest absolute Gasteiger partial charge is 0.224 e. The molecule has 3 aromatic rings. The van der Waals surface area contributed by atoms with Gasteiger partial charge in [0.1, 0.15) is 17.8 Å². The minimum absolute atomic E-state index is 0.00957. The maximum absolute atomic E-state index is 11.8. The predicted octanol–water partition coefficient (Wildman–Crippen LogP) is 3.46. The number of rotatable bonds is 5. The van der Waals surface area contributed by atoms with Crippen molar-refractivity contribution in [2.45, 2.75) is 13.0 Å². The average molecular weight is 287 g/mol. The molecule has 0 saturated carbocycles. The number of nitrogens with one attached hydrogen (secondary N) is 1.